The molecule has 0 saturated carbocycles. The van der Waals surface area contributed by atoms with Crippen molar-refractivity contribution in [2.24, 2.45) is 0 Å². The molecule has 3 rings (SSSR count). The first-order chi connectivity index (χ1) is 12.6. The van der Waals surface area contributed by atoms with Gasteiger partial charge in [-0.25, -0.2) is 9.78 Å². The Balaban J connectivity index is 1.76. The normalized spacial score (nSPS) is 10.2. The summed E-state index contributed by atoms with van der Waals surface area (Å²) in [5.41, 5.74) is -0.601. The average molecular weight is 353 g/mol. The van der Waals surface area contributed by atoms with E-state index in [1.54, 1.807) is 12.1 Å². The zero-order valence-electron chi connectivity index (χ0n) is 13.7. The van der Waals surface area contributed by atoms with Gasteiger partial charge < -0.3 is 15.4 Å². The maximum atomic E-state index is 12.3. The van der Waals surface area contributed by atoms with Crippen molar-refractivity contribution in [2.45, 2.75) is 0 Å². The van der Waals surface area contributed by atoms with Crippen LogP contribution in [0.2, 0.25) is 0 Å². The number of pyridine rings is 1. The summed E-state index contributed by atoms with van der Waals surface area (Å²) in [6, 6.07) is 12.8. The molecule has 2 aromatic heterocycles. The predicted octanol–water partition coefficient (Wildman–Crippen LogP) is 1.46. The summed E-state index contributed by atoms with van der Waals surface area (Å²) in [5, 5.41) is 5.66. The number of anilines is 3. The van der Waals surface area contributed by atoms with Crippen LogP contribution in [-0.2, 0) is 0 Å². The fourth-order valence-electron chi connectivity index (χ4n) is 2.23. The van der Waals surface area contributed by atoms with Gasteiger partial charge in [0.1, 0.15) is 5.82 Å². The summed E-state index contributed by atoms with van der Waals surface area (Å²) in [6.45, 7) is 0. The van der Waals surface area contributed by atoms with Crippen molar-refractivity contribution in [1.29, 1.82) is 0 Å². The van der Waals surface area contributed by atoms with Crippen LogP contribution < -0.4 is 26.6 Å². The zero-order chi connectivity index (χ0) is 18.5. The van der Waals surface area contributed by atoms with Gasteiger partial charge in [-0.15, -0.1) is 0 Å². The summed E-state index contributed by atoms with van der Waals surface area (Å²) in [7, 11) is 1.23. The van der Waals surface area contributed by atoms with Crippen LogP contribution in [0.3, 0.4) is 0 Å². The summed E-state index contributed by atoms with van der Waals surface area (Å²) >= 11 is 0. The number of nitrogens with zero attached hydrogens (tertiary/aromatic N) is 1. The SMILES string of the molecule is COc1c(C(=O)Nc2ccc(Nc3ccccc3)nc2)[nH]c(=O)[nH]c1=O. The lowest BCUT2D eigenvalue weighted by Gasteiger charge is -2.09. The minimum absolute atomic E-state index is 0.271. The first kappa shape index (κ1) is 17.0. The lowest BCUT2D eigenvalue weighted by Crippen LogP contribution is -2.29. The Labute approximate surface area is 147 Å². The van der Waals surface area contributed by atoms with E-state index in [4.69, 9.17) is 4.74 Å². The van der Waals surface area contributed by atoms with Crippen LogP contribution in [0.1, 0.15) is 10.5 Å². The van der Waals surface area contributed by atoms with Crippen molar-refractivity contribution in [3.8, 4) is 5.75 Å². The fraction of sp³-hybridized carbons (Fsp3) is 0.0588. The highest BCUT2D eigenvalue weighted by atomic mass is 16.5. The molecule has 9 nitrogen and oxygen atoms in total. The van der Waals surface area contributed by atoms with Gasteiger partial charge in [0, 0.05) is 5.69 Å². The molecule has 0 atom stereocenters. The molecular weight excluding hydrogens is 338 g/mol. The highest BCUT2D eigenvalue weighted by Crippen LogP contribution is 2.16. The van der Waals surface area contributed by atoms with Crippen LogP contribution in [0.5, 0.6) is 5.75 Å². The van der Waals surface area contributed by atoms with Crippen molar-refractivity contribution >= 4 is 23.1 Å². The maximum absolute atomic E-state index is 12.3. The second kappa shape index (κ2) is 7.34. The number of ether oxygens (including phenoxy) is 1. The van der Waals surface area contributed by atoms with Crippen LogP contribution in [0, 0.1) is 0 Å². The first-order valence-electron chi connectivity index (χ1n) is 7.57. The number of nitrogens with one attached hydrogen (secondary N) is 4. The van der Waals surface area contributed by atoms with E-state index < -0.39 is 17.2 Å². The molecular formula is C17H15N5O4. The Morgan fingerprint density at radius 3 is 2.46 bits per heavy atom. The molecule has 132 valence electrons. The van der Waals surface area contributed by atoms with Crippen molar-refractivity contribution in [1.82, 2.24) is 15.0 Å². The number of aromatic amines is 2. The molecule has 0 aliphatic rings. The van der Waals surface area contributed by atoms with Gasteiger partial charge in [0.25, 0.3) is 11.5 Å². The average Bonchev–Trinajstić information content (AvgIpc) is 2.63. The molecule has 0 bridgehead atoms. The smallest absolute Gasteiger partial charge is 0.326 e. The molecule has 0 saturated heterocycles. The summed E-state index contributed by atoms with van der Waals surface area (Å²) in [4.78, 5) is 43.8. The maximum Gasteiger partial charge on any atom is 0.326 e. The van der Waals surface area contributed by atoms with Crippen molar-refractivity contribution < 1.29 is 9.53 Å². The van der Waals surface area contributed by atoms with Crippen LogP contribution in [0.25, 0.3) is 0 Å². The van der Waals surface area contributed by atoms with E-state index in [1.165, 1.54) is 13.3 Å². The second-order valence-electron chi connectivity index (χ2n) is 5.19. The molecule has 0 spiro atoms. The highest BCUT2D eigenvalue weighted by molar-refractivity contribution is 6.04. The number of aromatic nitrogens is 3. The molecule has 0 aliphatic carbocycles. The number of hydrogen-bond donors (Lipinski definition) is 4. The van der Waals surface area contributed by atoms with E-state index in [2.05, 4.69) is 20.6 Å². The quantitative estimate of drug-likeness (QED) is 0.550. The highest BCUT2D eigenvalue weighted by Gasteiger charge is 2.17. The Morgan fingerprint density at radius 1 is 1.04 bits per heavy atom. The van der Waals surface area contributed by atoms with Crippen molar-refractivity contribution in [3.05, 3.63) is 75.2 Å². The monoisotopic (exact) mass is 353 g/mol. The number of para-hydroxylation sites is 1. The Hall–Kier alpha value is -3.88. The van der Waals surface area contributed by atoms with Gasteiger partial charge in [-0.05, 0) is 24.3 Å². The third-order valence-corrected chi connectivity index (χ3v) is 3.40. The largest absolute Gasteiger partial charge is 0.489 e. The van der Waals surface area contributed by atoms with Gasteiger partial charge in [0.2, 0.25) is 5.75 Å². The minimum Gasteiger partial charge on any atom is -0.489 e. The fourth-order valence-corrected chi connectivity index (χ4v) is 2.23. The lowest BCUT2D eigenvalue weighted by atomic mass is 10.3. The number of methoxy groups -OCH3 is 1. The minimum atomic E-state index is -0.804. The zero-order valence-corrected chi connectivity index (χ0v) is 13.7. The van der Waals surface area contributed by atoms with E-state index in [-0.39, 0.29) is 11.4 Å². The molecule has 1 aromatic carbocycles. The molecule has 26 heavy (non-hydrogen) atoms. The van der Waals surface area contributed by atoms with E-state index in [1.807, 2.05) is 35.3 Å². The molecule has 2 heterocycles. The van der Waals surface area contributed by atoms with Gasteiger partial charge >= 0.3 is 5.69 Å². The molecule has 9 heteroatoms. The predicted molar refractivity (Wildman–Crippen MR) is 96.2 cm³/mol. The van der Waals surface area contributed by atoms with Crippen LogP contribution in [0.4, 0.5) is 17.2 Å². The lowest BCUT2D eigenvalue weighted by molar-refractivity contribution is 0.101. The molecule has 0 aliphatic heterocycles. The van der Waals surface area contributed by atoms with Crippen LogP contribution >= 0.6 is 0 Å². The van der Waals surface area contributed by atoms with E-state index in [9.17, 15) is 14.4 Å². The van der Waals surface area contributed by atoms with Gasteiger partial charge in [-0.3, -0.25) is 19.6 Å². The Morgan fingerprint density at radius 2 is 1.81 bits per heavy atom. The third-order valence-electron chi connectivity index (χ3n) is 3.40. The van der Waals surface area contributed by atoms with Crippen LogP contribution in [-0.4, -0.2) is 28.0 Å². The topological polar surface area (TPSA) is 129 Å². The number of benzene rings is 1. The summed E-state index contributed by atoms with van der Waals surface area (Å²) in [6.07, 6.45) is 1.45. The molecule has 0 fully saturated rings. The van der Waals surface area contributed by atoms with E-state index in [0.29, 0.717) is 11.5 Å². The third kappa shape index (κ3) is 3.78. The van der Waals surface area contributed by atoms with Gasteiger partial charge in [0.15, 0.2) is 5.69 Å². The van der Waals surface area contributed by atoms with Crippen molar-refractivity contribution in [3.63, 3.8) is 0 Å². The van der Waals surface area contributed by atoms with Gasteiger partial charge in [-0.1, -0.05) is 18.2 Å². The number of carbonyl (C=O) groups is 1. The molecule has 0 radical (unpaired) electrons. The number of carbonyl (C=O) groups excluding carboxylic acids is 1. The molecule has 3 aromatic rings. The standard InChI is InChI=1S/C17H15N5O4/c1-26-14-13(21-17(25)22-16(14)24)15(23)20-11-7-8-12(18-9-11)19-10-5-3-2-4-6-10/h2-9H,1H3,(H,18,19)(H,20,23)(H2,21,22,24,25). The van der Waals surface area contributed by atoms with Crippen molar-refractivity contribution in [2.75, 3.05) is 17.7 Å². The van der Waals surface area contributed by atoms with Crippen LogP contribution in [0.15, 0.2) is 58.3 Å². The molecule has 4 N–H and O–H groups in total. The first-order valence-corrected chi connectivity index (χ1v) is 7.57. The van der Waals surface area contributed by atoms with E-state index >= 15 is 0 Å². The molecule has 1 amide bonds. The summed E-state index contributed by atoms with van der Waals surface area (Å²) in [5.74, 6) is -0.385. The number of H-pyrrole nitrogens is 2. The number of rotatable bonds is 5. The van der Waals surface area contributed by atoms with Gasteiger partial charge in [-0.2, -0.15) is 0 Å². The number of hydrogen-bond acceptors (Lipinski definition) is 6. The molecule has 0 unspecified atom stereocenters. The Kier molecular flexibility index (Phi) is 4.79. The number of amides is 1. The Bertz CT molecular complexity index is 1030. The van der Waals surface area contributed by atoms with E-state index in [0.717, 1.165) is 5.69 Å². The van der Waals surface area contributed by atoms with Gasteiger partial charge in [0.05, 0.1) is 19.0 Å². The second-order valence-corrected chi connectivity index (χ2v) is 5.19. The summed E-state index contributed by atoms with van der Waals surface area (Å²) < 4.78 is 4.88.